The quantitative estimate of drug-likeness (QED) is 0.610. The molecule has 1 fully saturated rings. The van der Waals surface area contributed by atoms with Crippen LogP contribution in [0.4, 0.5) is 5.82 Å². The van der Waals surface area contributed by atoms with Gasteiger partial charge >= 0.3 is 0 Å². The highest BCUT2D eigenvalue weighted by Gasteiger charge is 2.23. The summed E-state index contributed by atoms with van der Waals surface area (Å²) in [4.78, 5) is 14.8. The summed E-state index contributed by atoms with van der Waals surface area (Å²) in [6.07, 6.45) is 1.76. The van der Waals surface area contributed by atoms with Crippen LogP contribution in [-0.2, 0) is 0 Å². The number of rotatable bonds is 6. The molecule has 4 rings (SSSR count). The van der Waals surface area contributed by atoms with E-state index in [-0.39, 0.29) is 11.9 Å². The SMILES string of the molecule is CCOc1ccc(C(=O)NC2CCN(c3cc(-c4ccc(Cl)cc4)[nH]n3)CC2)cc1. The number of piperidine rings is 1. The molecule has 2 N–H and O–H groups in total. The lowest BCUT2D eigenvalue weighted by Crippen LogP contribution is -2.44. The van der Waals surface area contributed by atoms with Gasteiger partial charge in [0.15, 0.2) is 5.82 Å². The second-order valence-electron chi connectivity index (χ2n) is 7.34. The van der Waals surface area contributed by atoms with Crippen molar-refractivity contribution in [3.8, 4) is 17.0 Å². The van der Waals surface area contributed by atoms with E-state index in [1.807, 2.05) is 43.3 Å². The van der Waals surface area contributed by atoms with Crippen molar-refractivity contribution in [3.63, 3.8) is 0 Å². The minimum Gasteiger partial charge on any atom is -0.494 e. The topological polar surface area (TPSA) is 70.2 Å². The molecule has 6 nitrogen and oxygen atoms in total. The molecule has 0 unspecified atom stereocenters. The van der Waals surface area contributed by atoms with Crippen LogP contribution >= 0.6 is 11.6 Å². The summed E-state index contributed by atoms with van der Waals surface area (Å²) in [5.41, 5.74) is 2.67. The molecule has 1 amide bonds. The second kappa shape index (κ2) is 9.22. The van der Waals surface area contributed by atoms with Gasteiger partial charge in [0, 0.05) is 35.8 Å². The van der Waals surface area contributed by atoms with Crippen molar-refractivity contribution in [2.75, 3.05) is 24.6 Å². The predicted octanol–water partition coefficient (Wildman–Crippen LogP) is 4.53. The fraction of sp³-hybridized carbons (Fsp3) is 0.304. The Balaban J connectivity index is 1.30. The Morgan fingerprint density at radius 1 is 1.17 bits per heavy atom. The maximum Gasteiger partial charge on any atom is 0.251 e. The Bertz CT molecular complexity index is 977. The molecule has 1 aromatic heterocycles. The third-order valence-corrected chi connectivity index (χ3v) is 5.55. The Hall–Kier alpha value is -2.99. The van der Waals surface area contributed by atoms with Gasteiger partial charge in [0.05, 0.1) is 12.3 Å². The lowest BCUT2D eigenvalue weighted by Gasteiger charge is -2.32. The van der Waals surface area contributed by atoms with E-state index in [1.165, 1.54) is 0 Å². The average molecular weight is 425 g/mol. The van der Waals surface area contributed by atoms with Gasteiger partial charge in [-0.1, -0.05) is 23.7 Å². The Morgan fingerprint density at radius 3 is 2.53 bits per heavy atom. The summed E-state index contributed by atoms with van der Waals surface area (Å²) in [6, 6.07) is 17.2. The Labute approximate surface area is 181 Å². The fourth-order valence-corrected chi connectivity index (χ4v) is 3.77. The van der Waals surface area contributed by atoms with Gasteiger partial charge in [-0.25, -0.2) is 0 Å². The number of halogens is 1. The molecule has 1 aliphatic rings. The molecular formula is C23H25ClN4O2. The standard InChI is InChI=1S/C23H25ClN4O2/c1-2-30-20-9-5-17(6-10-20)23(29)25-19-11-13-28(14-12-19)22-15-21(26-27-22)16-3-7-18(24)8-4-16/h3-10,15,19H,2,11-14H2,1H3,(H,25,29)(H,26,27). The number of hydrogen-bond donors (Lipinski definition) is 2. The van der Waals surface area contributed by atoms with Crippen molar-refractivity contribution in [3.05, 3.63) is 65.2 Å². The van der Waals surface area contributed by atoms with Crippen LogP contribution in [0.15, 0.2) is 54.6 Å². The molecule has 0 aliphatic carbocycles. The van der Waals surface area contributed by atoms with E-state index in [9.17, 15) is 4.79 Å². The van der Waals surface area contributed by atoms with E-state index in [0.29, 0.717) is 17.2 Å². The highest BCUT2D eigenvalue weighted by atomic mass is 35.5. The van der Waals surface area contributed by atoms with Crippen LogP contribution in [0.2, 0.25) is 5.02 Å². The van der Waals surface area contributed by atoms with Crippen molar-refractivity contribution < 1.29 is 9.53 Å². The molecule has 7 heteroatoms. The highest BCUT2D eigenvalue weighted by molar-refractivity contribution is 6.30. The van der Waals surface area contributed by atoms with Gasteiger partial charge in [0.25, 0.3) is 5.91 Å². The maximum atomic E-state index is 12.5. The summed E-state index contributed by atoms with van der Waals surface area (Å²) in [5.74, 6) is 1.66. The second-order valence-corrected chi connectivity index (χ2v) is 7.78. The number of ether oxygens (including phenoxy) is 1. The monoisotopic (exact) mass is 424 g/mol. The van der Waals surface area contributed by atoms with E-state index in [0.717, 1.165) is 48.8 Å². The first-order valence-corrected chi connectivity index (χ1v) is 10.6. The molecule has 0 atom stereocenters. The molecule has 30 heavy (non-hydrogen) atoms. The Morgan fingerprint density at radius 2 is 1.87 bits per heavy atom. The largest absolute Gasteiger partial charge is 0.494 e. The van der Waals surface area contributed by atoms with Gasteiger partial charge in [0.2, 0.25) is 0 Å². The molecule has 0 spiro atoms. The third kappa shape index (κ3) is 4.76. The van der Waals surface area contributed by atoms with Crippen LogP contribution in [0.25, 0.3) is 11.3 Å². The molecule has 0 bridgehead atoms. The molecular weight excluding hydrogens is 400 g/mol. The number of amides is 1. The lowest BCUT2D eigenvalue weighted by atomic mass is 10.0. The first-order valence-electron chi connectivity index (χ1n) is 10.2. The molecule has 1 aliphatic heterocycles. The van der Waals surface area contributed by atoms with Crippen LogP contribution in [0.5, 0.6) is 5.75 Å². The summed E-state index contributed by atoms with van der Waals surface area (Å²) >= 11 is 5.96. The molecule has 156 valence electrons. The first kappa shape index (κ1) is 20.3. The zero-order valence-corrected chi connectivity index (χ0v) is 17.7. The number of hydrogen-bond acceptors (Lipinski definition) is 4. The average Bonchev–Trinajstić information content (AvgIpc) is 3.26. The molecule has 0 radical (unpaired) electrons. The Kier molecular flexibility index (Phi) is 6.23. The van der Waals surface area contributed by atoms with Crippen LogP contribution in [0.3, 0.4) is 0 Å². The number of nitrogens with zero attached hydrogens (tertiary/aromatic N) is 2. The van der Waals surface area contributed by atoms with Gasteiger partial charge in [-0.15, -0.1) is 0 Å². The molecule has 1 saturated heterocycles. The minimum atomic E-state index is -0.0405. The number of H-pyrrole nitrogens is 1. The van der Waals surface area contributed by atoms with Gasteiger partial charge < -0.3 is 15.0 Å². The van der Waals surface area contributed by atoms with Crippen LogP contribution in [-0.4, -0.2) is 41.8 Å². The number of nitrogens with one attached hydrogen (secondary N) is 2. The maximum absolute atomic E-state index is 12.5. The minimum absolute atomic E-state index is 0.0405. The van der Waals surface area contributed by atoms with E-state index in [2.05, 4.69) is 26.5 Å². The van der Waals surface area contributed by atoms with E-state index in [1.54, 1.807) is 12.1 Å². The predicted molar refractivity (Wildman–Crippen MR) is 119 cm³/mol. The number of anilines is 1. The van der Waals surface area contributed by atoms with Gasteiger partial charge in [-0.05, 0) is 61.7 Å². The number of carbonyl (C=O) groups is 1. The molecule has 2 heterocycles. The van der Waals surface area contributed by atoms with E-state index < -0.39 is 0 Å². The smallest absolute Gasteiger partial charge is 0.251 e. The van der Waals surface area contributed by atoms with E-state index >= 15 is 0 Å². The van der Waals surface area contributed by atoms with Crippen molar-refractivity contribution >= 4 is 23.3 Å². The van der Waals surface area contributed by atoms with Crippen molar-refractivity contribution in [1.29, 1.82) is 0 Å². The van der Waals surface area contributed by atoms with Gasteiger partial charge in [-0.3, -0.25) is 9.89 Å². The van der Waals surface area contributed by atoms with Gasteiger partial charge in [0.1, 0.15) is 5.75 Å². The number of carbonyl (C=O) groups excluding carboxylic acids is 1. The summed E-state index contributed by atoms with van der Waals surface area (Å²) in [7, 11) is 0. The van der Waals surface area contributed by atoms with Crippen LogP contribution in [0, 0.1) is 0 Å². The molecule has 0 saturated carbocycles. The fourth-order valence-electron chi connectivity index (χ4n) is 3.64. The zero-order valence-electron chi connectivity index (χ0n) is 16.9. The highest BCUT2D eigenvalue weighted by Crippen LogP contribution is 2.25. The number of aromatic amines is 1. The first-order chi connectivity index (χ1) is 14.6. The third-order valence-electron chi connectivity index (χ3n) is 5.30. The summed E-state index contributed by atoms with van der Waals surface area (Å²) in [5, 5.41) is 11.4. The van der Waals surface area contributed by atoms with Crippen molar-refractivity contribution in [1.82, 2.24) is 15.5 Å². The normalized spacial score (nSPS) is 14.5. The van der Waals surface area contributed by atoms with Crippen LogP contribution in [0.1, 0.15) is 30.1 Å². The van der Waals surface area contributed by atoms with E-state index in [4.69, 9.17) is 16.3 Å². The lowest BCUT2D eigenvalue weighted by molar-refractivity contribution is 0.0931. The number of aromatic nitrogens is 2. The van der Waals surface area contributed by atoms with Gasteiger partial charge in [-0.2, -0.15) is 5.10 Å². The zero-order chi connectivity index (χ0) is 20.9. The molecule has 3 aromatic rings. The summed E-state index contributed by atoms with van der Waals surface area (Å²) in [6.45, 7) is 4.24. The van der Waals surface area contributed by atoms with Crippen LogP contribution < -0.4 is 15.0 Å². The molecule has 2 aromatic carbocycles. The van der Waals surface area contributed by atoms with Crippen molar-refractivity contribution in [2.45, 2.75) is 25.8 Å². The summed E-state index contributed by atoms with van der Waals surface area (Å²) < 4.78 is 5.43. The van der Waals surface area contributed by atoms with Crippen molar-refractivity contribution in [2.24, 2.45) is 0 Å². The number of benzene rings is 2.